The highest BCUT2D eigenvalue weighted by molar-refractivity contribution is 6.01. The lowest BCUT2D eigenvalue weighted by atomic mass is 9.93. The normalized spacial score (nSPS) is 18.1. The molecule has 250 valence electrons. The van der Waals surface area contributed by atoms with Gasteiger partial charge in [-0.1, -0.05) is 0 Å². The largest absolute Gasteiger partial charge is 0.507 e. The van der Waals surface area contributed by atoms with E-state index in [0.717, 1.165) is 6.07 Å². The van der Waals surface area contributed by atoms with Crippen LogP contribution in [-0.4, -0.2) is 47.9 Å². The smallest absolute Gasteiger partial charge is 0.204 e. The van der Waals surface area contributed by atoms with Gasteiger partial charge in [-0.2, -0.15) is 0 Å². The van der Waals surface area contributed by atoms with Crippen LogP contribution in [0.1, 0.15) is 44.9 Å². The molecule has 2 atom stereocenters. The fraction of sp³-hybridized carbons (Fsp3) is 0.222. The Morgan fingerprint density at radius 2 is 1.35 bits per heavy atom. The number of aliphatic hydroxyl groups is 1. The molecule has 49 heavy (non-hydrogen) atoms. The van der Waals surface area contributed by atoms with Gasteiger partial charge in [-0.05, 0) is 64.1 Å². The number of aromatic hydroxyl groups is 5. The van der Waals surface area contributed by atoms with Crippen LogP contribution in [-0.2, 0) is 0 Å². The molecule has 0 amide bonds. The third-order valence-electron chi connectivity index (χ3n) is 8.87. The Morgan fingerprint density at radius 3 is 2.02 bits per heavy atom. The fourth-order valence-corrected chi connectivity index (χ4v) is 6.50. The molecule has 13 nitrogen and oxygen atoms in total. The van der Waals surface area contributed by atoms with Crippen LogP contribution in [0.2, 0.25) is 0 Å². The van der Waals surface area contributed by atoms with Crippen LogP contribution in [0, 0.1) is 0 Å². The Balaban J connectivity index is 1.35. The SMILES string of the molecule is CC1(C)C=Cc2c(cc(O)c3c(=O)c4ccc(O[C@@H]5c6c(cc(O)c7c(=O)c8ccc(O)c(O)c8oc67)O[C@@H]5C(C)(C)O)c(O)c4oc23)O1. The summed E-state index contributed by atoms with van der Waals surface area (Å²) in [5, 5.41) is 64.5. The van der Waals surface area contributed by atoms with Crippen molar-refractivity contribution < 1.29 is 53.7 Å². The van der Waals surface area contributed by atoms with Gasteiger partial charge in [0.15, 0.2) is 46.0 Å². The highest BCUT2D eigenvalue weighted by Gasteiger charge is 2.48. The molecular formula is C36H28O13. The molecule has 0 unspecified atom stereocenters. The van der Waals surface area contributed by atoms with Crippen molar-refractivity contribution in [2.45, 2.75) is 51.1 Å². The van der Waals surface area contributed by atoms with Gasteiger partial charge < -0.3 is 53.7 Å². The topological polar surface area (TPSA) is 209 Å². The standard InChI is InChI=1S/C36H28O13/c1-35(2)10-9-13-20(49-35)11-17(38)22-25(40)15-6-8-19(28(43)31(15)47-29(13)22)45-33-24-21(46-34(33)36(3,4)44)12-18(39)23-26(41)14-5-7-16(37)27(42)30(14)48-32(23)24/h5-12,33-34,37-39,42-44H,1-4H3/t33-,34+/m1/s1. The third kappa shape index (κ3) is 4.28. The first-order chi connectivity index (χ1) is 23.1. The first kappa shape index (κ1) is 30.3. The first-order valence-corrected chi connectivity index (χ1v) is 15.2. The van der Waals surface area contributed by atoms with Crippen molar-refractivity contribution in [1.82, 2.24) is 0 Å². The van der Waals surface area contributed by atoms with E-state index >= 15 is 0 Å². The molecular weight excluding hydrogens is 640 g/mol. The van der Waals surface area contributed by atoms with E-state index < -0.39 is 57.3 Å². The second-order valence-electron chi connectivity index (χ2n) is 13.3. The van der Waals surface area contributed by atoms with E-state index in [9.17, 15) is 40.2 Å². The maximum Gasteiger partial charge on any atom is 0.204 e. The minimum Gasteiger partial charge on any atom is -0.507 e. The molecule has 0 spiro atoms. The molecule has 2 aromatic heterocycles. The Kier molecular flexibility index (Phi) is 6.01. The number of rotatable bonds is 3. The zero-order valence-electron chi connectivity index (χ0n) is 26.3. The van der Waals surface area contributed by atoms with Crippen molar-refractivity contribution in [3.8, 4) is 46.0 Å². The lowest BCUT2D eigenvalue weighted by Gasteiger charge is -2.30. The number of fused-ring (bicyclic) bond motifs is 8. The van der Waals surface area contributed by atoms with Gasteiger partial charge in [-0.15, -0.1) is 0 Å². The second-order valence-corrected chi connectivity index (χ2v) is 13.3. The Labute approximate surface area is 274 Å². The van der Waals surface area contributed by atoms with Crippen LogP contribution in [0.4, 0.5) is 0 Å². The average molecular weight is 669 g/mol. The summed E-state index contributed by atoms with van der Waals surface area (Å²) in [6.07, 6.45) is 0.904. The van der Waals surface area contributed by atoms with Crippen molar-refractivity contribution in [2.75, 3.05) is 0 Å². The maximum absolute atomic E-state index is 13.7. The van der Waals surface area contributed by atoms with E-state index in [0.29, 0.717) is 5.56 Å². The van der Waals surface area contributed by atoms with Crippen molar-refractivity contribution >= 4 is 50.0 Å². The fourth-order valence-electron chi connectivity index (χ4n) is 6.50. The van der Waals surface area contributed by atoms with Crippen LogP contribution in [0.15, 0.2) is 60.9 Å². The van der Waals surface area contributed by atoms with Gasteiger partial charge >= 0.3 is 0 Å². The summed E-state index contributed by atoms with van der Waals surface area (Å²) in [4.78, 5) is 27.2. The zero-order valence-corrected chi connectivity index (χ0v) is 26.3. The number of ether oxygens (including phenoxy) is 3. The van der Waals surface area contributed by atoms with E-state index in [4.69, 9.17) is 23.0 Å². The van der Waals surface area contributed by atoms with Crippen LogP contribution in [0.3, 0.4) is 0 Å². The summed E-state index contributed by atoms with van der Waals surface area (Å²) in [5.74, 6) is -2.74. The summed E-state index contributed by atoms with van der Waals surface area (Å²) in [7, 11) is 0. The third-order valence-corrected chi connectivity index (χ3v) is 8.87. The van der Waals surface area contributed by atoms with Crippen molar-refractivity contribution in [1.29, 1.82) is 0 Å². The van der Waals surface area contributed by atoms with Gasteiger partial charge in [0.2, 0.25) is 22.4 Å². The molecule has 4 heterocycles. The lowest BCUT2D eigenvalue weighted by Crippen LogP contribution is -2.43. The monoisotopic (exact) mass is 668 g/mol. The molecule has 0 bridgehead atoms. The predicted octanol–water partition coefficient (Wildman–Crippen LogP) is 5.57. The molecule has 4 aromatic carbocycles. The van der Waals surface area contributed by atoms with Crippen LogP contribution < -0.4 is 25.1 Å². The summed E-state index contributed by atoms with van der Waals surface area (Å²) in [5.41, 5.74) is -4.20. The molecule has 6 N–H and O–H groups in total. The van der Waals surface area contributed by atoms with E-state index in [1.54, 1.807) is 12.2 Å². The molecule has 0 radical (unpaired) electrons. The lowest BCUT2D eigenvalue weighted by molar-refractivity contribution is -0.0693. The van der Waals surface area contributed by atoms with Gasteiger partial charge in [0, 0.05) is 12.1 Å². The number of phenols is 5. The van der Waals surface area contributed by atoms with Gasteiger partial charge in [0.25, 0.3) is 0 Å². The van der Waals surface area contributed by atoms with Crippen molar-refractivity contribution in [3.63, 3.8) is 0 Å². The van der Waals surface area contributed by atoms with E-state index in [2.05, 4.69) is 0 Å². The Morgan fingerprint density at radius 1 is 0.755 bits per heavy atom. The Hall–Kier alpha value is -6.08. The summed E-state index contributed by atoms with van der Waals surface area (Å²) in [6.45, 7) is 6.51. The number of benzene rings is 4. The quantitative estimate of drug-likeness (QED) is 0.101. The molecule has 0 fully saturated rings. The minimum atomic E-state index is -1.63. The van der Waals surface area contributed by atoms with Crippen LogP contribution in [0.5, 0.6) is 46.0 Å². The summed E-state index contributed by atoms with van der Waals surface area (Å²) < 4.78 is 30.4. The molecule has 0 saturated heterocycles. The van der Waals surface area contributed by atoms with Crippen molar-refractivity contribution in [2.24, 2.45) is 0 Å². The van der Waals surface area contributed by atoms with Gasteiger partial charge in [0.1, 0.15) is 39.4 Å². The molecule has 0 aliphatic carbocycles. The average Bonchev–Trinajstić information content (AvgIpc) is 3.38. The highest BCUT2D eigenvalue weighted by atomic mass is 16.6. The summed E-state index contributed by atoms with van der Waals surface area (Å²) in [6, 6.07) is 7.47. The van der Waals surface area contributed by atoms with Gasteiger partial charge in [-0.25, -0.2) is 0 Å². The molecule has 6 aromatic rings. The number of hydrogen-bond acceptors (Lipinski definition) is 13. The molecule has 2 aliphatic heterocycles. The van der Waals surface area contributed by atoms with E-state index in [1.807, 2.05) is 13.8 Å². The summed E-state index contributed by atoms with van der Waals surface area (Å²) >= 11 is 0. The Bertz CT molecular complexity index is 2600. The molecule has 8 rings (SSSR count). The van der Waals surface area contributed by atoms with Crippen molar-refractivity contribution in [3.05, 3.63) is 74.0 Å². The van der Waals surface area contributed by atoms with E-state index in [-0.39, 0.29) is 72.4 Å². The van der Waals surface area contributed by atoms with Gasteiger partial charge in [-0.3, -0.25) is 9.59 Å². The van der Waals surface area contributed by atoms with E-state index in [1.165, 1.54) is 44.2 Å². The first-order valence-electron chi connectivity index (χ1n) is 15.2. The predicted molar refractivity (Wildman–Crippen MR) is 176 cm³/mol. The van der Waals surface area contributed by atoms with Crippen LogP contribution in [0.25, 0.3) is 50.0 Å². The second kappa shape index (κ2) is 9.73. The number of phenolic OH excluding ortho intramolecular Hbond substituents is 5. The highest BCUT2D eigenvalue weighted by Crippen LogP contribution is 2.51. The molecule has 2 aliphatic rings. The molecule has 0 saturated carbocycles. The number of hydrogen-bond donors (Lipinski definition) is 6. The van der Waals surface area contributed by atoms with Crippen LogP contribution >= 0.6 is 0 Å². The minimum absolute atomic E-state index is 0.0288. The zero-order chi connectivity index (χ0) is 34.9. The van der Waals surface area contributed by atoms with Gasteiger partial charge in [0.05, 0.1) is 27.5 Å². The molecule has 13 heteroatoms. The maximum atomic E-state index is 13.7.